The van der Waals surface area contributed by atoms with Gasteiger partial charge in [0.2, 0.25) is 0 Å². The van der Waals surface area contributed by atoms with E-state index in [9.17, 15) is 0 Å². The van der Waals surface area contributed by atoms with Crippen LogP contribution in [0.4, 0.5) is 0 Å². The van der Waals surface area contributed by atoms with E-state index in [0.717, 1.165) is 11.1 Å². The Kier molecular flexibility index (Phi) is 7.13. The number of halogens is 6. The summed E-state index contributed by atoms with van der Waals surface area (Å²) in [5, 5.41) is 12.4. The van der Waals surface area contributed by atoms with Gasteiger partial charge in [0, 0.05) is 56.0 Å². The highest BCUT2D eigenvalue weighted by Gasteiger charge is 2.18. The Balaban J connectivity index is 1.24. The molecule has 0 unspecified atom stereocenters. The number of benzene rings is 2. The standard InChI is InChI=1S/C23H16Cl6N6/c24-16-3-14(4-17(25)7-16)22-20(28)9-34(30-22)12-32-1-2-33(11-32)13-35-10-21(29)23(31-35)15-5-18(26)8-19(27)6-15/h1-10H,11-13H2. The molecule has 12 heteroatoms. The zero-order chi connectivity index (χ0) is 24.7. The van der Waals surface area contributed by atoms with Crippen molar-refractivity contribution in [3.05, 3.63) is 91.3 Å². The Morgan fingerprint density at radius 3 is 1.31 bits per heavy atom. The fourth-order valence-corrected chi connectivity index (χ4v) is 5.35. The van der Waals surface area contributed by atoms with Gasteiger partial charge in [-0.2, -0.15) is 10.2 Å². The number of aromatic nitrogens is 4. The third-order valence-electron chi connectivity index (χ3n) is 5.21. The van der Waals surface area contributed by atoms with Crippen molar-refractivity contribution in [2.24, 2.45) is 0 Å². The molecule has 2 aromatic carbocycles. The average molecular weight is 589 g/mol. The van der Waals surface area contributed by atoms with Gasteiger partial charge in [-0.15, -0.1) is 0 Å². The Morgan fingerprint density at radius 2 is 0.943 bits per heavy atom. The lowest BCUT2D eigenvalue weighted by Gasteiger charge is -2.21. The fraction of sp³-hybridized carbons (Fsp3) is 0.130. The molecule has 0 aliphatic carbocycles. The van der Waals surface area contributed by atoms with Crippen LogP contribution in [0.5, 0.6) is 0 Å². The van der Waals surface area contributed by atoms with Crippen molar-refractivity contribution < 1.29 is 0 Å². The quantitative estimate of drug-likeness (QED) is 0.229. The molecule has 2 aromatic heterocycles. The molecule has 0 radical (unpaired) electrons. The monoisotopic (exact) mass is 586 g/mol. The number of hydrogen-bond acceptors (Lipinski definition) is 4. The van der Waals surface area contributed by atoms with E-state index in [2.05, 4.69) is 20.0 Å². The van der Waals surface area contributed by atoms with Crippen LogP contribution >= 0.6 is 69.6 Å². The van der Waals surface area contributed by atoms with Gasteiger partial charge in [-0.3, -0.25) is 9.36 Å². The zero-order valence-corrected chi connectivity index (χ0v) is 22.4. The number of nitrogens with zero attached hydrogens (tertiary/aromatic N) is 6. The predicted molar refractivity (Wildman–Crippen MR) is 143 cm³/mol. The summed E-state index contributed by atoms with van der Waals surface area (Å²) in [6, 6.07) is 10.5. The van der Waals surface area contributed by atoms with Crippen molar-refractivity contribution in [1.29, 1.82) is 0 Å². The predicted octanol–water partition coefficient (Wildman–Crippen LogP) is 8.00. The summed E-state index contributed by atoms with van der Waals surface area (Å²) < 4.78 is 3.54. The van der Waals surface area contributed by atoms with E-state index in [-0.39, 0.29) is 0 Å². The van der Waals surface area contributed by atoms with Crippen molar-refractivity contribution in [3.63, 3.8) is 0 Å². The largest absolute Gasteiger partial charge is 0.339 e. The summed E-state index contributed by atoms with van der Waals surface area (Å²) in [6.07, 6.45) is 7.51. The summed E-state index contributed by atoms with van der Waals surface area (Å²) in [6.45, 7) is 1.64. The van der Waals surface area contributed by atoms with Gasteiger partial charge in [0.25, 0.3) is 0 Å². The van der Waals surface area contributed by atoms with Crippen LogP contribution in [-0.2, 0) is 13.3 Å². The topological polar surface area (TPSA) is 42.1 Å². The van der Waals surface area contributed by atoms with Crippen molar-refractivity contribution in [1.82, 2.24) is 29.4 Å². The van der Waals surface area contributed by atoms with Crippen LogP contribution in [0, 0.1) is 0 Å². The first-order valence-corrected chi connectivity index (χ1v) is 12.6. The van der Waals surface area contributed by atoms with E-state index in [4.69, 9.17) is 69.6 Å². The molecule has 0 fully saturated rings. The van der Waals surface area contributed by atoms with E-state index in [1.165, 1.54) is 0 Å². The summed E-state index contributed by atoms with van der Waals surface area (Å²) in [4.78, 5) is 4.17. The van der Waals surface area contributed by atoms with E-state index in [0.29, 0.717) is 61.5 Å². The zero-order valence-electron chi connectivity index (χ0n) is 17.8. The van der Waals surface area contributed by atoms with Crippen LogP contribution in [-0.4, -0.2) is 36.0 Å². The lowest BCUT2D eigenvalue weighted by Crippen LogP contribution is -2.29. The SMILES string of the molecule is Clc1cc(Cl)cc(-c2nn(CN3C=CN(Cn4cc(Cl)c(-c5cc(Cl)cc(Cl)c5)n4)C3)cc2Cl)c1. The summed E-state index contributed by atoms with van der Waals surface area (Å²) in [5.41, 5.74) is 2.77. The van der Waals surface area contributed by atoms with Gasteiger partial charge in [0.1, 0.15) is 24.7 Å². The van der Waals surface area contributed by atoms with Crippen LogP contribution in [0.3, 0.4) is 0 Å². The second-order valence-corrected chi connectivity index (χ2v) is 10.5. The Labute approximate surface area is 231 Å². The van der Waals surface area contributed by atoms with Crippen molar-refractivity contribution in [2.45, 2.75) is 13.3 Å². The van der Waals surface area contributed by atoms with Crippen LogP contribution in [0.15, 0.2) is 61.2 Å². The van der Waals surface area contributed by atoms with Crippen LogP contribution in [0.2, 0.25) is 30.1 Å². The molecular formula is C23H16Cl6N6. The molecule has 6 nitrogen and oxygen atoms in total. The average Bonchev–Trinajstić information content (AvgIpc) is 3.46. The molecule has 4 aromatic rings. The minimum Gasteiger partial charge on any atom is -0.339 e. The van der Waals surface area contributed by atoms with E-state index < -0.39 is 0 Å². The first-order chi connectivity index (χ1) is 16.7. The lowest BCUT2D eigenvalue weighted by molar-refractivity contribution is 0.188. The molecule has 3 heterocycles. The molecule has 0 N–H and O–H groups in total. The van der Waals surface area contributed by atoms with E-state index >= 15 is 0 Å². The maximum Gasteiger partial charge on any atom is 0.113 e. The maximum atomic E-state index is 6.44. The third-order valence-corrected chi connectivity index (χ3v) is 6.64. The second-order valence-electron chi connectivity index (χ2n) is 7.95. The molecule has 1 aliphatic heterocycles. The van der Waals surface area contributed by atoms with Crippen molar-refractivity contribution in [3.8, 4) is 22.5 Å². The fourth-order valence-electron chi connectivity index (χ4n) is 3.78. The van der Waals surface area contributed by atoms with Gasteiger partial charge in [-0.05, 0) is 36.4 Å². The first kappa shape index (κ1) is 24.6. The molecule has 35 heavy (non-hydrogen) atoms. The molecule has 0 spiro atoms. The van der Waals surface area contributed by atoms with Gasteiger partial charge in [-0.1, -0.05) is 69.6 Å². The molecule has 0 atom stereocenters. The highest BCUT2D eigenvalue weighted by atomic mass is 35.5. The van der Waals surface area contributed by atoms with Gasteiger partial charge < -0.3 is 9.80 Å². The highest BCUT2D eigenvalue weighted by Crippen LogP contribution is 2.32. The summed E-state index contributed by atoms with van der Waals surface area (Å²) in [5.74, 6) is 0. The minimum atomic E-state index is 0.507. The van der Waals surface area contributed by atoms with Gasteiger partial charge >= 0.3 is 0 Å². The normalized spacial score (nSPS) is 13.3. The van der Waals surface area contributed by atoms with Crippen LogP contribution in [0.1, 0.15) is 0 Å². The lowest BCUT2D eigenvalue weighted by atomic mass is 10.1. The van der Waals surface area contributed by atoms with Gasteiger partial charge in [0.05, 0.1) is 16.7 Å². The maximum absolute atomic E-state index is 6.44. The van der Waals surface area contributed by atoms with Crippen molar-refractivity contribution >= 4 is 69.6 Å². The molecule has 0 amide bonds. The number of hydrogen-bond donors (Lipinski definition) is 0. The highest BCUT2D eigenvalue weighted by molar-refractivity contribution is 6.36. The van der Waals surface area contributed by atoms with Gasteiger partial charge in [-0.25, -0.2) is 0 Å². The van der Waals surface area contributed by atoms with Crippen molar-refractivity contribution in [2.75, 3.05) is 6.67 Å². The van der Waals surface area contributed by atoms with Gasteiger partial charge in [0.15, 0.2) is 0 Å². The Bertz CT molecular complexity index is 1280. The first-order valence-electron chi connectivity index (χ1n) is 10.3. The Morgan fingerprint density at radius 1 is 0.571 bits per heavy atom. The van der Waals surface area contributed by atoms with E-state index in [1.54, 1.807) is 58.2 Å². The molecule has 1 aliphatic rings. The molecule has 0 saturated heterocycles. The molecule has 5 rings (SSSR count). The third kappa shape index (κ3) is 5.69. The van der Waals surface area contributed by atoms with E-state index in [1.807, 2.05) is 12.4 Å². The molecule has 0 bridgehead atoms. The molecule has 0 saturated carbocycles. The molecule has 180 valence electrons. The van der Waals surface area contributed by atoms with Crippen LogP contribution in [0.25, 0.3) is 22.5 Å². The summed E-state index contributed by atoms with van der Waals surface area (Å²) >= 11 is 37.4. The summed E-state index contributed by atoms with van der Waals surface area (Å²) in [7, 11) is 0. The minimum absolute atomic E-state index is 0.507. The Hall–Kier alpha value is -2.06. The smallest absolute Gasteiger partial charge is 0.113 e. The number of rotatable bonds is 6. The van der Waals surface area contributed by atoms with Crippen LogP contribution < -0.4 is 0 Å². The second kappa shape index (κ2) is 10.1. The molecular weight excluding hydrogens is 573 g/mol.